The lowest BCUT2D eigenvalue weighted by molar-refractivity contribution is -0.148. The molecule has 1 amide bonds. The summed E-state index contributed by atoms with van der Waals surface area (Å²) in [6, 6.07) is 9.26. The quantitative estimate of drug-likeness (QED) is 0.877. The Labute approximate surface area is 118 Å². The third-order valence-corrected chi connectivity index (χ3v) is 3.56. The molecule has 20 heavy (non-hydrogen) atoms. The smallest absolute Gasteiger partial charge is 0.326 e. The van der Waals surface area contributed by atoms with E-state index in [0.717, 1.165) is 12.0 Å². The van der Waals surface area contributed by atoms with Gasteiger partial charge in [-0.05, 0) is 25.5 Å². The highest BCUT2D eigenvalue weighted by Crippen LogP contribution is 2.17. The van der Waals surface area contributed by atoms with E-state index in [4.69, 9.17) is 5.11 Å². The number of nitrogens with zero attached hydrogens (tertiary/aromatic N) is 2. The fraction of sp³-hybridized carbons (Fsp3) is 0.467. The second kappa shape index (κ2) is 6.52. The monoisotopic (exact) mass is 276 g/mol. The number of carboxylic acid groups (broad SMARTS) is 1. The van der Waals surface area contributed by atoms with Crippen LogP contribution in [0.5, 0.6) is 0 Å². The summed E-state index contributed by atoms with van der Waals surface area (Å²) in [5, 5.41) is 9.09. The molecule has 1 aliphatic heterocycles. The van der Waals surface area contributed by atoms with Crippen molar-refractivity contribution in [2.24, 2.45) is 0 Å². The van der Waals surface area contributed by atoms with Crippen LogP contribution in [0.2, 0.25) is 0 Å². The molecule has 5 nitrogen and oxygen atoms in total. The van der Waals surface area contributed by atoms with E-state index in [1.54, 1.807) is 0 Å². The minimum atomic E-state index is -0.901. The second-order valence-electron chi connectivity index (χ2n) is 5.24. The molecule has 1 aromatic rings. The third-order valence-electron chi connectivity index (χ3n) is 3.56. The molecule has 0 aromatic heterocycles. The van der Waals surface area contributed by atoms with Crippen LogP contribution in [0, 0.1) is 0 Å². The van der Waals surface area contributed by atoms with Crippen LogP contribution in [0.15, 0.2) is 30.3 Å². The molecule has 0 spiro atoms. The SMILES string of the molecule is CN(CC(=O)N1CCCC1C(=O)O)Cc1ccccc1. The van der Waals surface area contributed by atoms with Crippen molar-refractivity contribution in [3.63, 3.8) is 0 Å². The number of hydrogen-bond donors (Lipinski definition) is 1. The van der Waals surface area contributed by atoms with Gasteiger partial charge in [-0.15, -0.1) is 0 Å². The van der Waals surface area contributed by atoms with Gasteiger partial charge in [0.2, 0.25) is 5.91 Å². The van der Waals surface area contributed by atoms with Gasteiger partial charge in [0, 0.05) is 13.1 Å². The fourth-order valence-electron chi connectivity index (χ4n) is 2.59. The maximum atomic E-state index is 12.2. The number of amides is 1. The Morgan fingerprint density at radius 2 is 2.05 bits per heavy atom. The Morgan fingerprint density at radius 3 is 2.70 bits per heavy atom. The average molecular weight is 276 g/mol. The summed E-state index contributed by atoms with van der Waals surface area (Å²) < 4.78 is 0. The molecule has 1 aromatic carbocycles. The molecule has 1 saturated heterocycles. The lowest BCUT2D eigenvalue weighted by Crippen LogP contribution is -2.44. The number of carboxylic acids is 1. The first kappa shape index (κ1) is 14.5. The van der Waals surface area contributed by atoms with E-state index >= 15 is 0 Å². The maximum Gasteiger partial charge on any atom is 0.326 e. The van der Waals surface area contributed by atoms with Crippen LogP contribution in [-0.4, -0.2) is 53.0 Å². The van der Waals surface area contributed by atoms with Crippen molar-refractivity contribution in [1.82, 2.24) is 9.80 Å². The number of carbonyl (C=O) groups is 2. The summed E-state index contributed by atoms with van der Waals surface area (Å²) >= 11 is 0. The predicted molar refractivity (Wildman–Crippen MR) is 75.1 cm³/mol. The van der Waals surface area contributed by atoms with Gasteiger partial charge in [-0.2, -0.15) is 0 Å². The fourth-order valence-corrected chi connectivity index (χ4v) is 2.59. The largest absolute Gasteiger partial charge is 0.480 e. The summed E-state index contributed by atoms with van der Waals surface area (Å²) in [5.74, 6) is -1.00. The van der Waals surface area contributed by atoms with Gasteiger partial charge >= 0.3 is 5.97 Å². The van der Waals surface area contributed by atoms with Crippen LogP contribution in [0.1, 0.15) is 18.4 Å². The number of hydrogen-bond acceptors (Lipinski definition) is 3. The van der Waals surface area contributed by atoms with Crippen LogP contribution in [0.4, 0.5) is 0 Å². The van der Waals surface area contributed by atoms with E-state index in [9.17, 15) is 9.59 Å². The summed E-state index contributed by atoms with van der Waals surface area (Å²) in [5.41, 5.74) is 1.14. The summed E-state index contributed by atoms with van der Waals surface area (Å²) in [6.07, 6.45) is 1.33. The topological polar surface area (TPSA) is 60.9 Å². The predicted octanol–water partition coefficient (Wildman–Crippen LogP) is 1.19. The standard InChI is InChI=1S/C15H20N2O3/c1-16(10-12-6-3-2-4-7-12)11-14(18)17-9-5-8-13(17)15(19)20/h2-4,6-7,13H,5,8-11H2,1H3,(H,19,20). The summed E-state index contributed by atoms with van der Waals surface area (Å²) in [7, 11) is 1.87. The van der Waals surface area contributed by atoms with Crippen LogP contribution in [0.25, 0.3) is 0 Å². The van der Waals surface area contributed by atoms with Gasteiger partial charge in [0.25, 0.3) is 0 Å². The Hall–Kier alpha value is -1.88. The molecule has 5 heteroatoms. The molecule has 1 heterocycles. The lowest BCUT2D eigenvalue weighted by atomic mass is 10.2. The zero-order valence-electron chi connectivity index (χ0n) is 11.7. The van der Waals surface area contributed by atoms with Gasteiger partial charge < -0.3 is 10.0 Å². The molecule has 0 bridgehead atoms. The third kappa shape index (κ3) is 3.57. The van der Waals surface area contributed by atoms with E-state index in [-0.39, 0.29) is 12.5 Å². The Bertz CT molecular complexity index is 475. The van der Waals surface area contributed by atoms with Crippen LogP contribution in [0.3, 0.4) is 0 Å². The van der Waals surface area contributed by atoms with Gasteiger partial charge in [0.05, 0.1) is 6.54 Å². The molecule has 1 N–H and O–H groups in total. The lowest BCUT2D eigenvalue weighted by Gasteiger charge is -2.24. The van der Waals surface area contributed by atoms with Crippen LogP contribution < -0.4 is 0 Å². The normalized spacial score (nSPS) is 18.5. The summed E-state index contributed by atoms with van der Waals surface area (Å²) in [4.78, 5) is 26.7. The van der Waals surface area contributed by atoms with E-state index in [0.29, 0.717) is 19.5 Å². The minimum absolute atomic E-state index is 0.103. The van der Waals surface area contributed by atoms with E-state index in [1.807, 2.05) is 42.3 Å². The zero-order valence-corrected chi connectivity index (χ0v) is 11.7. The average Bonchev–Trinajstić information content (AvgIpc) is 2.89. The molecule has 2 rings (SSSR count). The van der Waals surface area contributed by atoms with Gasteiger partial charge in [-0.1, -0.05) is 30.3 Å². The zero-order chi connectivity index (χ0) is 14.5. The van der Waals surface area contributed by atoms with Crippen molar-refractivity contribution in [1.29, 1.82) is 0 Å². The van der Waals surface area contributed by atoms with Crippen molar-refractivity contribution in [2.45, 2.75) is 25.4 Å². The first-order valence-electron chi connectivity index (χ1n) is 6.82. The molecular formula is C15H20N2O3. The van der Waals surface area contributed by atoms with Crippen molar-refractivity contribution < 1.29 is 14.7 Å². The molecule has 1 atom stereocenters. The number of carbonyl (C=O) groups excluding carboxylic acids is 1. The molecule has 0 aliphatic carbocycles. The van der Waals surface area contributed by atoms with Gasteiger partial charge in [-0.3, -0.25) is 9.69 Å². The van der Waals surface area contributed by atoms with E-state index < -0.39 is 12.0 Å². The maximum absolute atomic E-state index is 12.2. The summed E-state index contributed by atoms with van der Waals surface area (Å²) in [6.45, 7) is 1.48. The van der Waals surface area contributed by atoms with Gasteiger partial charge in [-0.25, -0.2) is 4.79 Å². The van der Waals surface area contributed by atoms with Crippen molar-refractivity contribution in [3.8, 4) is 0 Å². The Kier molecular flexibility index (Phi) is 4.74. The van der Waals surface area contributed by atoms with Crippen molar-refractivity contribution in [3.05, 3.63) is 35.9 Å². The minimum Gasteiger partial charge on any atom is -0.480 e. The molecule has 1 fully saturated rings. The number of benzene rings is 1. The first-order valence-corrected chi connectivity index (χ1v) is 6.82. The molecular weight excluding hydrogens is 256 g/mol. The molecule has 0 saturated carbocycles. The van der Waals surface area contributed by atoms with Crippen LogP contribution >= 0.6 is 0 Å². The van der Waals surface area contributed by atoms with Gasteiger partial charge in [0.15, 0.2) is 0 Å². The Morgan fingerprint density at radius 1 is 1.35 bits per heavy atom. The highest BCUT2D eigenvalue weighted by atomic mass is 16.4. The highest BCUT2D eigenvalue weighted by molar-refractivity contribution is 5.85. The Balaban J connectivity index is 1.89. The first-order chi connectivity index (χ1) is 9.58. The molecule has 1 aliphatic rings. The number of likely N-dealkylation sites (tertiary alicyclic amines) is 1. The number of rotatable bonds is 5. The second-order valence-corrected chi connectivity index (χ2v) is 5.24. The highest BCUT2D eigenvalue weighted by Gasteiger charge is 2.33. The van der Waals surface area contributed by atoms with E-state index in [2.05, 4.69) is 0 Å². The van der Waals surface area contributed by atoms with Crippen LogP contribution in [-0.2, 0) is 16.1 Å². The van der Waals surface area contributed by atoms with Gasteiger partial charge in [0.1, 0.15) is 6.04 Å². The van der Waals surface area contributed by atoms with Crippen molar-refractivity contribution >= 4 is 11.9 Å². The molecule has 0 radical (unpaired) electrons. The molecule has 1 unspecified atom stereocenters. The van der Waals surface area contributed by atoms with Crippen molar-refractivity contribution in [2.75, 3.05) is 20.1 Å². The number of aliphatic carboxylic acids is 1. The number of likely N-dealkylation sites (N-methyl/N-ethyl adjacent to an activating group) is 1. The molecule has 108 valence electrons. The van der Waals surface area contributed by atoms with E-state index in [1.165, 1.54) is 4.90 Å².